The topological polar surface area (TPSA) is 64.0 Å². The fraction of sp³-hybridized carbons (Fsp3) is 0.429. The van der Waals surface area contributed by atoms with Gasteiger partial charge >= 0.3 is 0 Å². The normalized spacial score (nSPS) is 20.5. The van der Waals surface area contributed by atoms with Crippen molar-refractivity contribution in [3.05, 3.63) is 65.3 Å². The van der Waals surface area contributed by atoms with Gasteiger partial charge in [0.2, 0.25) is 5.91 Å². The number of rotatable bonds is 6. The Morgan fingerprint density at radius 1 is 1.03 bits per heavy atom. The summed E-state index contributed by atoms with van der Waals surface area (Å²) in [4.78, 5) is 30.9. The lowest BCUT2D eigenvalue weighted by Crippen LogP contribution is -2.52. The molecule has 2 saturated heterocycles. The summed E-state index contributed by atoms with van der Waals surface area (Å²) in [6.45, 7) is 3.81. The molecule has 0 aliphatic carbocycles. The standard InChI is InChI=1S/C28H32ClN3O4/c1-30-18-24(23-5-2-3-6-25(23)30)27(34)32-12-4-11-28(19-32,17-26(33)31-13-15-35-16-14-31)20-36-22-9-7-21(29)8-10-22/h2-3,5-10,18H,4,11-17,19-20H2,1H3/t28-/m0/s1. The third-order valence-electron chi connectivity index (χ3n) is 7.32. The van der Waals surface area contributed by atoms with Gasteiger partial charge in [0.25, 0.3) is 5.91 Å². The number of benzene rings is 2. The molecule has 36 heavy (non-hydrogen) atoms. The van der Waals surface area contributed by atoms with Gasteiger partial charge < -0.3 is 23.8 Å². The van der Waals surface area contributed by atoms with E-state index in [1.165, 1.54) is 0 Å². The number of aryl methyl sites for hydroxylation is 1. The maximum absolute atomic E-state index is 13.8. The van der Waals surface area contributed by atoms with E-state index in [0.29, 0.717) is 68.8 Å². The van der Waals surface area contributed by atoms with Crippen molar-refractivity contribution < 1.29 is 19.1 Å². The molecule has 0 unspecified atom stereocenters. The van der Waals surface area contributed by atoms with Gasteiger partial charge in [-0.3, -0.25) is 9.59 Å². The molecule has 7 nitrogen and oxygen atoms in total. The van der Waals surface area contributed by atoms with E-state index in [1.54, 1.807) is 12.1 Å². The fourth-order valence-electron chi connectivity index (χ4n) is 5.39. The lowest BCUT2D eigenvalue weighted by Gasteiger charge is -2.43. The number of aromatic nitrogens is 1. The van der Waals surface area contributed by atoms with Gasteiger partial charge in [-0.05, 0) is 43.2 Å². The van der Waals surface area contributed by atoms with Gasteiger partial charge in [0.05, 0.1) is 25.4 Å². The molecule has 1 aromatic heterocycles. The molecule has 0 N–H and O–H groups in total. The first-order valence-corrected chi connectivity index (χ1v) is 12.9. The Balaban J connectivity index is 1.39. The largest absolute Gasteiger partial charge is 0.493 e. The van der Waals surface area contributed by atoms with E-state index in [-0.39, 0.29) is 11.8 Å². The van der Waals surface area contributed by atoms with Crippen LogP contribution < -0.4 is 4.74 Å². The molecule has 8 heteroatoms. The van der Waals surface area contributed by atoms with Crippen molar-refractivity contribution in [2.24, 2.45) is 12.5 Å². The highest BCUT2D eigenvalue weighted by atomic mass is 35.5. The molecule has 0 radical (unpaired) electrons. The fourth-order valence-corrected chi connectivity index (χ4v) is 5.52. The van der Waals surface area contributed by atoms with E-state index < -0.39 is 5.41 Å². The Kier molecular flexibility index (Phi) is 7.21. The minimum atomic E-state index is -0.479. The van der Waals surface area contributed by atoms with Crippen LogP contribution in [0.1, 0.15) is 29.6 Å². The van der Waals surface area contributed by atoms with Gasteiger partial charge in [0.1, 0.15) is 5.75 Å². The molecule has 2 aromatic carbocycles. The molecular weight excluding hydrogens is 478 g/mol. The van der Waals surface area contributed by atoms with Gasteiger partial charge in [-0.2, -0.15) is 0 Å². The second-order valence-corrected chi connectivity index (χ2v) is 10.4. The predicted octanol–water partition coefficient (Wildman–Crippen LogP) is 4.38. The Bertz CT molecular complexity index is 1240. The Labute approximate surface area is 216 Å². The third kappa shape index (κ3) is 5.22. The quantitative estimate of drug-likeness (QED) is 0.494. The molecule has 3 heterocycles. The Morgan fingerprint density at radius 3 is 2.56 bits per heavy atom. The van der Waals surface area contributed by atoms with Crippen LogP contribution in [0, 0.1) is 5.41 Å². The first-order valence-electron chi connectivity index (χ1n) is 12.5. The number of morpholine rings is 1. The number of amides is 2. The van der Waals surface area contributed by atoms with Crippen LogP contribution >= 0.6 is 11.6 Å². The summed E-state index contributed by atoms with van der Waals surface area (Å²) in [5.74, 6) is 0.800. The van der Waals surface area contributed by atoms with Crippen molar-refractivity contribution >= 4 is 34.3 Å². The minimum absolute atomic E-state index is 0.00110. The van der Waals surface area contributed by atoms with Crippen molar-refractivity contribution in [2.75, 3.05) is 46.0 Å². The molecule has 190 valence electrons. The number of nitrogens with zero attached hydrogens (tertiary/aromatic N) is 3. The van der Waals surface area contributed by atoms with E-state index in [2.05, 4.69) is 0 Å². The van der Waals surface area contributed by atoms with E-state index in [0.717, 1.165) is 23.7 Å². The summed E-state index contributed by atoms with van der Waals surface area (Å²) in [6, 6.07) is 15.2. The number of ether oxygens (including phenoxy) is 2. The molecular formula is C28H32ClN3O4. The smallest absolute Gasteiger partial charge is 0.256 e. The number of carbonyl (C=O) groups excluding carboxylic acids is 2. The summed E-state index contributed by atoms with van der Waals surface area (Å²) < 4.78 is 13.6. The number of likely N-dealkylation sites (tertiary alicyclic amines) is 1. The molecule has 2 aliphatic rings. The monoisotopic (exact) mass is 509 g/mol. The number of fused-ring (bicyclic) bond motifs is 1. The Hall–Kier alpha value is -3.03. The molecule has 1 atom stereocenters. The molecule has 0 bridgehead atoms. The lowest BCUT2D eigenvalue weighted by atomic mass is 9.77. The summed E-state index contributed by atoms with van der Waals surface area (Å²) in [5, 5.41) is 1.59. The van der Waals surface area contributed by atoms with Crippen molar-refractivity contribution in [1.29, 1.82) is 0 Å². The van der Waals surface area contributed by atoms with E-state index in [9.17, 15) is 9.59 Å². The second-order valence-electron chi connectivity index (χ2n) is 9.91. The molecule has 3 aromatic rings. The van der Waals surface area contributed by atoms with E-state index >= 15 is 0 Å². The first-order chi connectivity index (χ1) is 17.4. The number of carbonyl (C=O) groups is 2. The zero-order valence-corrected chi connectivity index (χ0v) is 21.4. The van der Waals surface area contributed by atoms with Crippen LogP contribution in [0.4, 0.5) is 0 Å². The van der Waals surface area contributed by atoms with Crippen LogP contribution in [0.25, 0.3) is 10.9 Å². The molecule has 2 aliphatic heterocycles. The zero-order chi connectivity index (χ0) is 25.1. The highest BCUT2D eigenvalue weighted by Crippen LogP contribution is 2.36. The number of para-hydroxylation sites is 1. The summed E-state index contributed by atoms with van der Waals surface area (Å²) in [7, 11) is 1.96. The maximum atomic E-state index is 13.8. The van der Waals surface area contributed by atoms with Gasteiger partial charge in [-0.25, -0.2) is 0 Å². The number of hydrogen-bond donors (Lipinski definition) is 0. The first kappa shape index (κ1) is 24.7. The summed E-state index contributed by atoms with van der Waals surface area (Å²) >= 11 is 6.04. The average molecular weight is 510 g/mol. The molecule has 0 spiro atoms. The van der Waals surface area contributed by atoms with Crippen molar-refractivity contribution in [1.82, 2.24) is 14.4 Å². The molecule has 0 saturated carbocycles. The number of halogens is 1. The molecule has 2 amide bonds. The van der Waals surface area contributed by atoms with E-state index in [4.69, 9.17) is 21.1 Å². The van der Waals surface area contributed by atoms with Crippen LogP contribution in [0.2, 0.25) is 5.02 Å². The van der Waals surface area contributed by atoms with Gasteiger partial charge in [-0.15, -0.1) is 0 Å². The third-order valence-corrected chi connectivity index (χ3v) is 7.58. The molecule has 2 fully saturated rings. The predicted molar refractivity (Wildman–Crippen MR) is 139 cm³/mol. The Morgan fingerprint density at radius 2 is 1.78 bits per heavy atom. The molecule has 5 rings (SSSR count). The maximum Gasteiger partial charge on any atom is 0.256 e. The van der Waals surface area contributed by atoms with Crippen molar-refractivity contribution in [3.8, 4) is 5.75 Å². The zero-order valence-electron chi connectivity index (χ0n) is 20.6. The van der Waals surface area contributed by atoms with Crippen LogP contribution in [0.3, 0.4) is 0 Å². The average Bonchev–Trinajstić information content (AvgIpc) is 3.25. The summed E-state index contributed by atoms with van der Waals surface area (Å²) in [6.07, 6.45) is 3.87. The van der Waals surface area contributed by atoms with Crippen molar-refractivity contribution in [3.63, 3.8) is 0 Å². The SMILES string of the molecule is Cn1cc(C(=O)N2CCC[C@](COc3ccc(Cl)cc3)(CC(=O)N3CCOCC3)C2)c2ccccc21. The highest BCUT2D eigenvalue weighted by molar-refractivity contribution is 6.30. The second kappa shape index (κ2) is 10.5. The lowest BCUT2D eigenvalue weighted by molar-refractivity contribution is -0.139. The number of piperidine rings is 1. The highest BCUT2D eigenvalue weighted by Gasteiger charge is 2.41. The van der Waals surface area contributed by atoms with Crippen LogP contribution in [0.5, 0.6) is 5.75 Å². The van der Waals surface area contributed by atoms with Crippen LogP contribution in [-0.4, -0.2) is 72.2 Å². The number of hydrogen-bond acceptors (Lipinski definition) is 4. The van der Waals surface area contributed by atoms with Gasteiger partial charge in [-0.1, -0.05) is 29.8 Å². The summed E-state index contributed by atoms with van der Waals surface area (Å²) in [5.41, 5.74) is 1.24. The minimum Gasteiger partial charge on any atom is -0.493 e. The van der Waals surface area contributed by atoms with Gasteiger partial charge in [0.15, 0.2) is 0 Å². The van der Waals surface area contributed by atoms with Crippen LogP contribution in [0.15, 0.2) is 54.7 Å². The van der Waals surface area contributed by atoms with E-state index in [1.807, 2.05) is 64.0 Å². The van der Waals surface area contributed by atoms with Crippen molar-refractivity contribution in [2.45, 2.75) is 19.3 Å². The van der Waals surface area contributed by atoms with Gasteiger partial charge in [0, 0.05) is 67.2 Å². The van der Waals surface area contributed by atoms with Crippen LogP contribution in [-0.2, 0) is 16.6 Å².